The van der Waals surface area contributed by atoms with Crippen LogP contribution in [0, 0.1) is 30.9 Å². The van der Waals surface area contributed by atoms with Gasteiger partial charge in [0.15, 0.2) is 0 Å². The molecule has 0 radical (unpaired) electrons. The van der Waals surface area contributed by atoms with Crippen molar-refractivity contribution >= 4 is 17.8 Å². The summed E-state index contributed by atoms with van der Waals surface area (Å²) >= 11 is 0. The van der Waals surface area contributed by atoms with Gasteiger partial charge in [-0.2, -0.15) is 5.10 Å². The number of phenolic OH excluding ortho intramolecular Hbond substituents is 1. The molecule has 0 unspecified atom stereocenters. The van der Waals surface area contributed by atoms with Crippen LogP contribution in [0.4, 0.5) is 5.69 Å². The van der Waals surface area contributed by atoms with Crippen molar-refractivity contribution in [3.05, 3.63) is 86.7 Å². The predicted octanol–water partition coefficient (Wildman–Crippen LogP) is 3.78. The molecule has 0 atom stereocenters. The number of hydrogen-bond donors (Lipinski definition) is 2. The Morgan fingerprint density at radius 2 is 1.90 bits per heavy atom. The molecule has 0 aliphatic carbocycles. The number of hydrazone groups is 1. The number of hydrogen-bond acceptors (Lipinski definition) is 5. The van der Waals surface area contributed by atoms with Crippen LogP contribution in [0.15, 0.2) is 53.6 Å². The highest BCUT2D eigenvalue weighted by molar-refractivity contribution is 5.97. The van der Waals surface area contributed by atoms with Crippen molar-refractivity contribution in [1.29, 1.82) is 0 Å². The maximum absolute atomic E-state index is 12.1. The first-order chi connectivity index (χ1) is 13.8. The number of benzene rings is 2. The van der Waals surface area contributed by atoms with E-state index in [4.69, 9.17) is 0 Å². The van der Waals surface area contributed by atoms with Crippen LogP contribution in [0.5, 0.6) is 5.75 Å². The number of nitro benzene ring substituents is 1. The van der Waals surface area contributed by atoms with Gasteiger partial charge in [-0.3, -0.25) is 14.9 Å². The van der Waals surface area contributed by atoms with Gasteiger partial charge in [-0.1, -0.05) is 18.2 Å². The molecule has 8 nitrogen and oxygen atoms in total. The Bertz CT molecular complexity index is 1130. The summed E-state index contributed by atoms with van der Waals surface area (Å²) < 4.78 is 1.91. The van der Waals surface area contributed by atoms with Gasteiger partial charge < -0.3 is 9.67 Å². The number of phenols is 1. The van der Waals surface area contributed by atoms with Gasteiger partial charge in [0.2, 0.25) is 0 Å². The molecule has 8 heteroatoms. The second kappa shape index (κ2) is 7.97. The lowest BCUT2D eigenvalue weighted by molar-refractivity contribution is -0.384. The van der Waals surface area contributed by atoms with E-state index < -0.39 is 10.8 Å². The summed E-state index contributed by atoms with van der Waals surface area (Å²) in [4.78, 5) is 22.8. The average molecular weight is 392 g/mol. The molecule has 0 fully saturated rings. The monoisotopic (exact) mass is 392 g/mol. The maximum atomic E-state index is 12.1. The van der Waals surface area contributed by atoms with Crippen molar-refractivity contribution in [3.8, 4) is 11.4 Å². The first-order valence-corrected chi connectivity index (χ1v) is 8.85. The van der Waals surface area contributed by atoms with E-state index in [0.717, 1.165) is 22.5 Å². The van der Waals surface area contributed by atoms with Gasteiger partial charge in [0.1, 0.15) is 5.75 Å². The minimum absolute atomic E-state index is 0.0169. The molecular formula is C21H20N4O4. The zero-order valence-corrected chi connectivity index (χ0v) is 16.2. The molecule has 1 aromatic heterocycles. The molecule has 0 spiro atoms. The molecule has 0 bridgehead atoms. The SMILES string of the molecule is Cc1ccc([N+](=O)[O-])cc1-n1c(C)cc(/C=N\NC(=O)c2ccccc2O)c1C. The molecule has 0 saturated heterocycles. The Kier molecular flexibility index (Phi) is 5.45. The summed E-state index contributed by atoms with van der Waals surface area (Å²) in [6, 6.07) is 12.8. The largest absolute Gasteiger partial charge is 0.507 e. The molecule has 0 aliphatic heterocycles. The van der Waals surface area contributed by atoms with E-state index in [1.165, 1.54) is 30.5 Å². The number of carbonyl (C=O) groups is 1. The van der Waals surface area contributed by atoms with Gasteiger partial charge in [-0.25, -0.2) is 5.43 Å². The van der Waals surface area contributed by atoms with Crippen LogP contribution in [-0.2, 0) is 0 Å². The van der Waals surface area contributed by atoms with Crippen molar-refractivity contribution in [1.82, 2.24) is 9.99 Å². The normalized spacial score (nSPS) is 11.0. The van der Waals surface area contributed by atoms with Crippen LogP contribution < -0.4 is 5.43 Å². The summed E-state index contributed by atoms with van der Waals surface area (Å²) in [6.07, 6.45) is 1.50. The zero-order chi connectivity index (χ0) is 21.1. The van der Waals surface area contributed by atoms with Crippen molar-refractivity contribution in [3.63, 3.8) is 0 Å². The molecule has 0 saturated carbocycles. The molecule has 2 N–H and O–H groups in total. The summed E-state index contributed by atoms with van der Waals surface area (Å²) in [5.74, 6) is -0.651. The van der Waals surface area contributed by atoms with E-state index in [-0.39, 0.29) is 17.0 Å². The number of nitrogens with zero attached hydrogens (tertiary/aromatic N) is 3. The van der Waals surface area contributed by atoms with Gasteiger partial charge in [-0.15, -0.1) is 0 Å². The quantitative estimate of drug-likeness (QED) is 0.391. The third kappa shape index (κ3) is 4.01. The number of non-ortho nitro benzene ring substituents is 1. The number of para-hydroxylation sites is 1. The van der Waals surface area contributed by atoms with Gasteiger partial charge >= 0.3 is 0 Å². The molecule has 0 aliphatic rings. The number of rotatable bonds is 5. The number of amides is 1. The van der Waals surface area contributed by atoms with Gasteiger partial charge in [0.05, 0.1) is 22.4 Å². The zero-order valence-electron chi connectivity index (χ0n) is 16.2. The van der Waals surface area contributed by atoms with Gasteiger partial charge in [0.25, 0.3) is 11.6 Å². The fourth-order valence-electron chi connectivity index (χ4n) is 3.13. The summed E-state index contributed by atoms with van der Waals surface area (Å²) in [5.41, 5.74) is 6.60. The highest BCUT2D eigenvalue weighted by atomic mass is 16.6. The van der Waals surface area contributed by atoms with E-state index in [0.29, 0.717) is 5.69 Å². The highest BCUT2D eigenvalue weighted by Crippen LogP contribution is 2.26. The van der Waals surface area contributed by atoms with Crippen molar-refractivity contribution in [2.75, 3.05) is 0 Å². The maximum Gasteiger partial charge on any atom is 0.275 e. The smallest absolute Gasteiger partial charge is 0.275 e. The van der Waals surface area contributed by atoms with E-state index in [1.54, 1.807) is 18.2 Å². The number of aromatic nitrogens is 1. The Labute approximate surface area is 167 Å². The number of nitro groups is 1. The average Bonchev–Trinajstić information content (AvgIpc) is 2.96. The molecular weight excluding hydrogens is 372 g/mol. The number of aromatic hydroxyl groups is 1. The molecule has 3 aromatic rings. The molecule has 1 amide bonds. The fraction of sp³-hybridized carbons (Fsp3) is 0.143. The standard InChI is InChI=1S/C21H20N4O4/c1-13-8-9-17(25(28)29)11-19(13)24-14(2)10-16(15(24)3)12-22-23-21(27)18-6-4-5-7-20(18)26/h4-12,26H,1-3H3,(H,23,27)/b22-12-. The molecule has 2 aromatic carbocycles. The number of carbonyl (C=O) groups excluding carboxylic acids is 1. The Morgan fingerprint density at radius 1 is 1.17 bits per heavy atom. The third-order valence-electron chi connectivity index (χ3n) is 4.63. The molecule has 148 valence electrons. The van der Waals surface area contributed by atoms with Gasteiger partial charge in [-0.05, 0) is 44.5 Å². The lowest BCUT2D eigenvalue weighted by Gasteiger charge is -2.12. The Balaban J connectivity index is 1.88. The fourth-order valence-corrected chi connectivity index (χ4v) is 3.13. The number of aryl methyl sites for hydroxylation is 2. The van der Waals surface area contributed by atoms with Crippen molar-refractivity contribution in [2.45, 2.75) is 20.8 Å². The topological polar surface area (TPSA) is 110 Å². The Morgan fingerprint density at radius 3 is 2.59 bits per heavy atom. The second-order valence-corrected chi connectivity index (χ2v) is 6.61. The second-order valence-electron chi connectivity index (χ2n) is 6.61. The van der Waals surface area contributed by atoms with Crippen LogP contribution in [0.3, 0.4) is 0 Å². The van der Waals surface area contributed by atoms with Gasteiger partial charge in [0, 0.05) is 29.1 Å². The highest BCUT2D eigenvalue weighted by Gasteiger charge is 2.15. The minimum Gasteiger partial charge on any atom is -0.507 e. The summed E-state index contributed by atoms with van der Waals surface area (Å²) in [6.45, 7) is 5.65. The van der Waals surface area contributed by atoms with E-state index >= 15 is 0 Å². The van der Waals surface area contributed by atoms with E-state index in [9.17, 15) is 20.0 Å². The predicted molar refractivity (Wildman–Crippen MR) is 110 cm³/mol. The minimum atomic E-state index is -0.525. The van der Waals surface area contributed by atoms with Crippen LogP contribution >= 0.6 is 0 Å². The molecule has 1 heterocycles. The first kappa shape index (κ1) is 19.8. The lowest BCUT2D eigenvalue weighted by Crippen LogP contribution is -2.17. The van der Waals surface area contributed by atoms with Crippen LogP contribution in [0.25, 0.3) is 5.69 Å². The molecule has 29 heavy (non-hydrogen) atoms. The van der Waals surface area contributed by atoms with Crippen molar-refractivity contribution < 1.29 is 14.8 Å². The lowest BCUT2D eigenvalue weighted by atomic mass is 10.1. The number of nitrogens with one attached hydrogen (secondary N) is 1. The first-order valence-electron chi connectivity index (χ1n) is 8.85. The Hall–Kier alpha value is -3.94. The van der Waals surface area contributed by atoms with E-state index in [2.05, 4.69) is 10.5 Å². The van der Waals surface area contributed by atoms with Crippen LogP contribution in [0.1, 0.15) is 32.9 Å². The van der Waals surface area contributed by atoms with Crippen LogP contribution in [0.2, 0.25) is 0 Å². The summed E-state index contributed by atoms with van der Waals surface area (Å²) in [7, 11) is 0. The molecule has 3 rings (SSSR count). The van der Waals surface area contributed by atoms with Crippen molar-refractivity contribution in [2.24, 2.45) is 5.10 Å². The van der Waals surface area contributed by atoms with Crippen LogP contribution in [-0.4, -0.2) is 26.7 Å². The van der Waals surface area contributed by atoms with E-state index in [1.807, 2.05) is 31.4 Å². The summed E-state index contributed by atoms with van der Waals surface area (Å²) in [5, 5.41) is 24.8. The third-order valence-corrected chi connectivity index (χ3v) is 4.63.